The molecule has 0 amide bonds. The first-order valence-corrected chi connectivity index (χ1v) is 6.14. The third-order valence-corrected chi connectivity index (χ3v) is 2.85. The lowest BCUT2D eigenvalue weighted by molar-refractivity contribution is -0.149. The second kappa shape index (κ2) is 7.69. The first-order valence-electron chi connectivity index (χ1n) is 6.14. The summed E-state index contributed by atoms with van der Waals surface area (Å²) >= 11 is 0. The average molecular weight is 212 g/mol. The zero-order valence-corrected chi connectivity index (χ0v) is 9.71. The molecule has 0 aromatic carbocycles. The fourth-order valence-electron chi connectivity index (χ4n) is 1.81. The molecule has 3 nitrogen and oxygen atoms in total. The number of carbonyl (C=O) groups is 1. The van der Waals surface area contributed by atoms with Crippen molar-refractivity contribution in [1.82, 2.24) is 5.32 Å². The minimum atomic E-state index is 0.00129. The summed E-state index contributed by atoms with van der Waals surface area (Å²) in [5.74, 6) is 0.120. The van der Waals surface area contributed by atoms with Crippen LogP contribution in [0, 0.1) is 5.92 Å². The molecule has 1 aliphatic rings. The summed E-state index contributed by atoms with van der Waals surface area (Å²) in [4.78, 5) is 11.6. The van der Waals surface area contributed by atoms with Crippen molar-refractivity contribution in [3.05, 3.63) is 0 Å². The van der Waals surface area contributed by atoms with Crippen molar-refractivity contribution in [2.45, 2.75) is 45.4 Å². The first-order chi connectivity index (χ1) is 7.34. The Hall–Kier alpha value is -0.570. The predicted molar refractivity (Wildman–Crippen MR) is 59.7 cm³/mol. The number of nitrogens with zero attached hydrogens (tertiary/aromatic N) is 1. The quantitative estimate of drug-likeness (QED) is 0.500. The monoisotopic (exact) mass is 212 g/mol. The molecule has 1 radical (unpaired) electrons. The van der Waals surface area contributed by atoms with Crippen molar-refractivity contribution in [2.75, 3.05) is 19.7 Å². The molecule has 0 bridgehead atoms. The Morgan fingerprint density at radius 3 is 2.67 bits per heavy atom. The van der Waals surface area contributed by atoms with Crippen LogP contribution in [0.2, 0.25) is 0 Å². The summed E-state index contributed by atoms with van der Waals surface area (Å²) in [5, 5.41) is 4.22. The van der Waals surface area contributed by atoms with Crippen LogP contribution in [0.5, 0.6) is 0 Å². The van der Waals surface area contributed by atoms with Gasteiger partial charge in [-0.2, -0.15) is 0 Å². The zero-order valence-electron chi connectivity index (χ0n) is 9.71. The molecular formula is C12H22NO2. The van der Waals surface area contributed by atoms with Gasteiger partial charge < -0.3 is 4.74 Å². The summed E-state index contributed by atoms with van der Waals surface area (Å²) in [6.07, 6.45) is 6.40. The lowest BCUT2D eigenvalue weighted by Crippen LogP contribution is -2.29. The van der Waals surface area contributed by atoms with Gasteiger partial charge in [-0.15, -0.1) is 0 Å². The number of unbranched alkanes of at least 4 members (excludes halogenated alkanes) is 3. The number of piperidine rings is 1. The highest BCUT2D eigenvalue weighted by atomic mass is 16.5. The van der Waals surface area contributed by atoms with E-state index in [1.165, 1.54) is 19.3 Å². The third kappa shape index (κ3) is 5.17. The summed E-state index contributed by atoms with van der Waals surface area (Å²) in [5.41, 5.74) is 0. The van der Waals surface area contributed by atoms with Crippen molar-refractivity contribution in [3.63, 3.8) is 0 Å². The Bertz CT molecular complexity index is 176. The van der Waals surface area contributed by atoms with E-state index in [0.29, 0.717) is 6.61 Å². The van der Waals surface area contributed by atoms with Crippen molar-refractivity contribution < 1.29 is 9.53 Å². The van der Waals surface area contributed by atoms with Gasteiger partial charge in [0.15, 0.2) is 0 Å². The van der Waals surface area contributed by atoms with E-state index in [2.05, 4.69) is 12.2 Å². The smallest absolute Gasteiger partial charge is 0.309 e. The number of hydrogen-bond donors (Lipinski definition) is 0. The maximum atomic E-state index is 11.6. The van der Waals surface area contributed by atoms with Crippen LogP contribution in [-0.2, 0) is 9.53 Å². The van der Waals surface area contributed by atoms with Gasteiger partial charge in [-0.3, -0.25) is 4.79 Å². The summed E-state index contributed by atoms with van der Waals surface area (Å²) in [6.45, 7) is 4.44. The van der Waals surface area contributed by atoms with Crippen LogP contribution in [0.3, 0.4) is 0 Å². The molecule has 0 N–H and O–H groups in total. The maximum absolute atomic E-state index is 11.6. The van der Waals surface area contributed by atoms with Gasteiger partial charge in [-0.1, -0.05) is 26.2 Å². The molecule has 0 atom stereocenters. The molecule has 0 unspecified atom stereocenters. The maximum Gasteiger partial charge on any atom is 0.309 e. The predicted octanol–water partition coefficient (Wildman–Crippen LogP) is 2.12. The molecule has 1 aliphatic heterocycles. The normalized spacial score (nSPS) is 17.7. The van der Waals surface area contributed by atoms with Crippen LogP contribution in [0.15, 0.2) is 0 Å². The average Bonchev–Trinajstić information content (AvgIpc) is 2.30. The van der Waals surface area contributed by atoms with Gasteiger partial charge in [0.2, 0.25) is 0 Å². The van der Waals surface area contributed by atoms with Gasteiger partial charge in [0.05, 0.1) is 12.5 Å². The Kier molecular flexibility index (Phi) is 6.41. The Morgan fingerprint density at radius 1 is 1.27 bits per heavy atom. The van der Waals surface area contributed by atoms with E-state index in [1.54, 1.807) is 0 Å². The molecule has 1 heterocycles. The first kappa shape index (κ1) is 12.5. The molecule has 1 fully saturated rings. The number of esters is 1. The lowest BCUT2D eigenvalue weighted by atomic mass is 9.99. The van der Waals surface area contributed by atoms with E-state index in [9.17, 15) is 4.79 Å². The van der Waals surface area contributed by atoms with Gasteiger partial charge in [0.1, 0.15) is 0 Å². The third-order valence-electron chi connectivity index (χ3n) is 2.85. The number of rotatable bonds is 6. The standard InChI is InChI=1S/C12H22NO2/c1-2-3-4-5-10-15-12(14)11-6-8-13-9-7-11/h11H,2-10H2,1H3. The van der Waals surface area contributed by atoms with Crippen LogP contribution < -0.4 is 5.32 Å². The summed E-state index contributed by atoms with van der Waals surface area (Å²) < 4.78 is 5.25. The van der Waals surface area contributed by atoms with Crippen LogP contribution in [-0.4, -0.2) is 25.7 Å². The zero-order chi connectivity index (χ0) is 10.9. The number of carbonyl (C=O) groups excluding carboxylic acids is 1. The Balaban J connectivity index is 2.02. The second-order valence-corrected chi connectivity index (χ2v) is 4.17. The second-order valence-electron chi connectivity index (χ2n) is 4.17. The summed E-state index contributed by atoms with van der Waals surface area (Å²) in [6, 6.07) is 0. The topological polar surface area (TPSA) is 40.4 Å². The lowest BCUT2D eigenvalue weighted by Gasteiger charge is -2.19. The number of hydrogen-bond acceptors (Lipinski definition) is 2. The van der Waals surface area contributed by atoms with Gasteiger partial charge in [-0.25, -0.2) is 5.32 Å². The molecule has 0 spiro atoms. The Labute approximate surface area is 92.6 Å². The van der Waals surface area contributed by atoms with Gasteiger partial charge in [-0.05, 0) is 19.3 Å². The Morgan fingerprint density at radius 2 is 2.00 bits per heavy atom. The highest BCUT2D eigenvalue weighted by molar-refractivity contribution is 5.72. The highest BCUT2D eigenvalue weighted by Crippen LogP contribution is 2.14. The SMILES string of the molecule is CCCCCCOC(=O)C1CC[N]CC1. The fourth-order valence-corrected chi connectivity index (χ4v) is 1.81. The van der Waals surface area contributed by atoms with E-state index >= 15 is 0 Å². The van der Waals surface area contributed by atoms with Crippen LogP contribution >= 0.6 is 0 Å². The van der Waals surface area contributed by atoms with E-state index in [0.717, 1.165) is 32.4 Å². The minimum absolute atomic E-state index is 0.00129. The van der Waals surface area contributed by atoms with E-state index < -0.39 is 0 Å². The van der Waals surface area contributed by atoms with Crippen molar-refractivity contribution in [2.24, 2.45) is 5.92 Å². The van der Waals surface area contributed by atoms with E-state index in [4.69, 9.17) is 4.74 Å². The van der Waals surface area contributed by atoms with Gasteiger partial charge in [0, 0.05) is 13.1 Å². The molecule has 3 heteroatoms. The van der Waals surface area contributed by atoms with Gasteiger partial charge >= 0.3 is 5.97 Å². The molecule has 0 aromatic heterocycles. The molecule has 1 rings (SSSR count). The van der Waals surface area contributed by atoms with E-state index in [-0.39, 0.29) is 11.9 Å². The van der Waals surface area contributed by atoms with Crippen LogP contribution in [0.4, 0.5) is 0 Å². The molecule has 0 aliphatic carbocycles. The van der Waals surface area contributed by atoms with Crippen molar-refractivity contribution in [3.8, 4) is 0 Å². The number of ether oxygens (including phenoxy) is 1. The van der Waals surface area contributed by atoms with Crippen molar-refractivity contribution in [1.29, 1.82) is 0 Å². The minimum Gasteiger partial charge on any atom is -0.465 e. The molecular weight excluding hydrogens is 190 g/mol. The van der Waals surface area contributed by atoms with Crippen molar-refractivity contribution >= 4 is 5.97 Å². The fraction of sp³-hybridized carbons (Fsp3) is 0.917. The van der Waals surface area contributed by atoms with Crippen LogP contribution in [0.1, 0.15) is 45.4 Å². The van der Waals surface area contributed by atoms with Gasteiger partial charge in [0.25, 0.3) is 0 Å². The summed E-state index contributed by atoms with van der Waals surface area (Å²) in [7, 11) is 0. The molecule has 0 saturated carbocycles. The highest BCUT2D eigenvalue weighted by Gasteiger charge is 2.22. The molecule has 15 heavy (non-hydrogen) atoms. The molecule has 0 aromatic rings. The largest absolute Gasteiger partial charge is 0.465 e. The molecule has 87 valence electrons. The van der Waals surface area contributed by atoms with Crippen LogP contribution in [0.25, 0.3) is 0 Å². The molecule has 1 saturated heterocycles. The van der Waals surface area contributed by atoms with E-state index in [1.807, 2.05) is 0 Å².